The topological polar surface area (TPSA) is 49.3 Å². The standard InChI is InChI=1S/C21H15F2NO2/c22-17-11-10-16-19(18(17)23)24-20(26)21(16,12-13-4-2-1-3-5-13)14-6-8-15(25)9-7-14/h1-11,25H,12H2,(H,24,26). The number of nitrogens with one attached hydrogen (secondary N) is 1. The SMILES string of the molecule is O=C1Nc2c(ccc(F)c2F)C1(Cc1ccccc1)c1ccc(O)cc1. The van der Waals surface area contributed by atoms with Crippen LogP contribution in [0.2, 0.25) is 0 Å². The van der Waals surface area contributed by atoms with Crippen molar-refractivity contribution in [2.75, 3.05) is 5.32 Å². The number of rotatable bonds is 3. The van der Waals surface area contributed by atoms with Crippen LogP contribution in [-0.2, 0) is 16.6 Å². The first-order valence-corrected chi connectivity index (χ1v) is 8.16. The number of phenols is 1. The molecule has 0 radical (unpaired) electrons. The third-order valence-electron chi connectivity index (χ3n) is 4.85. The van der Waals surface area contributed by atoms with Crippen molar-refractivity contribution in [3.05, 3.63) is 95.1 Å². The van der Waals surface area contributed by atoms with E-state index in [2.05, 4.69) is 5.32 Å². The molecular weight excluding hydrogens is 336 g/mol. The van der Waals surface area contributed by atoms with Gasteiger partial charge in [-0.3, -0.25) is 4.79 Å². The summed E-state index contributed by atoms with van der Waals surface area (Å²) in [5, 5.41) is 12.1. The molecule has 0 saturated carbocycles. The van der Waals surface area contributed by atoms with Crippen molar-refractivity contribution in [2.24, 2.45) is 0 Å². The molecule has 1 unspecified atom stereocenters. The van der Waals surface area contributed by atoms with Gasteiger partial charge in [-0.2, -0.15) is 0 Å². The van der Waals surface area contributed by atoms with E-state index in [4.69, 9.17) is 0 Å². The minimum atomic E-state index is -1.21. The second-order valence-electron chi connectivity index (χ2n) is 6.35. The highest BCUT2D eigenvalue weighted by molar-refractivity contribution is 6.09. The third-order valence-corrected chi connectivity index (χ3v) is 4.85. The Morgan fingerprint density at radius 1 is 0.923 bits per heavy atom. The lowest BCUT2D eigenvalue weighted by Crippen LogP contribution is -2.38. The molecule has 0 saturated heterocycles. The number of hydrogen-bond acceptors (Lipinski definition) is 2. The van der Waals surface area contributed by atoms with Crippen LogP contribution in [0.3, 0.4) is 0 Å². The monoisotopic (exact) mass is 351 g/mol. The molecule has 0 spiro atoms. The van der Waals surface area contributed by atoms with Gasteiger partial charge < -0.3 is 10.4 Å². The first-order valence-electron chi connectivity index (χ1n) is 8.16. The Labute approximate surface area is 148 Å². The van der Waals surface area contributed by atoms with E-state index >= 15 is 0 Å². The number of halogens is 2. The van der Waals surface area contributed by atoms with Crippen LogP contribution in [-0.4, -0.2) is 11.0 Å². The van der Waals surface area contributed by atoms with Crippen LogP contribution in [0.15, 0.2) is 66.7 Å². The Morgan fingerprint density at radius 3 is 2.31 bits per heavy atom. The number of carbonyl (C=O) groups excluding carboxylic acids is 1. The number of aromatic hydroxyl groups is 1. The van der Waals surface area contributed by atoms with Crippen LogP contribution >= 0.6 is 0 Å². The highest BCUT2D eigenvalue weighted by Crippen LogP contribution is 2.46. The van der Waals surface area contributed by atoms with Crippen molar-refractivity contribution in [3.8, 4) is 5.75 Å². The van der Waals surface area contributed by atoms with Crippen LogP contribution in [0.25, 0.3) is 0 Å². The number of anilines is 1. The summed E-state index contributed by atoms with van der Waals surface area (Å²) < 4.78 is 28.0. The summed E-state index contributed by atoms with van der Waals surface area (Å²) in [6.07, 6.45) is 0.280. The summed E-state index contributed by atoms with van der Waals surface area (Å²) in [5.41, 5.74) is 0.531. The summed E-state index contributed by atoms with van der Waals surface area (Å²) in [5.74, 6) is -2.44. The first kappa shape index (κ1) is 16.3. The molecule has 1 atom stereocenters. The summed E-state index contributed by atoms with van der Waals surface area (Å²) in [7, 11) is 0. The molecule has 1 aliphatic rings. The van der Waals surface area contributed by atoms with Crippen LogP contribution in [0.5, 0.6) is 5.75 Å². The number of hydrogen-bond donors (Lipinski definition) is 2. The van der Waals surface area contributed by atoms with Gasteiger partial charge in [-0.25, -0.2) is 8.78 Å². The van der Waals surface area contributed by atoms with E-state index in [0.29, 0.717) is 11.1 Å². The normalized spacial score (nSPS) is 18.5. The average Bonchev–Trinajstić information content (AvgIpc) is 2.93. The fraction of sp³-hybridized carbons (Fsp3) is 0.0952. The van der Waals surface area contributed by atoms with Crippen molar-refractivity contribution in [3.63, 3.8) is 0 Å². The molecule has 2 N–H and O–H groups in total. The molecule has 3 aromatic rings. The lowest BCUT2D eigenvalue weighted by Gasteiger charge is -2.28. The average molecular weight is 351 g/mol. The summed E-state index contributed by atoms with van der Waals surface area (Å²) in [6, 6.07) is 18.1. The second-order valence-corrected chi connectivity index (χ2v) is 6.35. The molecule has 130 valence electrons. The van der Waals surface area contributed by atoms with Gasteiger partial charge >= 0.3 is 0 Å². The Bertz CT molecular complexity index is 987. The highest BCUT2D eigenvalue weighted by atomic mass is 19.2. The molecule has 3 aromatic carbocycles. The summed E-state index contributed by atoms with van der Waals surface area (Å²) in [6.45, 7) is 0. The number of fused-ring (bicyclic) bond motifs is 1. The minimum absolute atomic E-state index is 0.0625. The molecule has 0 aliphatic carbocycles. The Balaban J connectivity index is 1.97. The number of carbonyl (C=O) groups is 1. The number of benzene rings is 3. The van der Waals surface area contributed by atoms with Crippen LogP contribution in [0.4, 0.5) is 14.5 Å². The van der Waals surface area contributed by atoms with Crippen molar-refractivity contribution in [1.82, 2.24) is 0 Å². The van der Waals surface area contributed by atoms with Gasteiger partial charge in [0.05, 0.1) is 5.69 Å². The molecule has 26 heavy (non-hydrogen) atoms. The van der Waals surface area contributed by atoms with Gasteiger partial charge in [0.15, 0.2) is 11.6 Å². The predicted molar refractivity (Wildman–Crippen MR) is 94.0 cm³/mol. The Kier molecular flexibility index (Phi) is 3.72. The van der Waals surface area contributed by atoms with Crippen molar-refractivity contribution >= 4 is 11.6 Å². The smallest absolute Gasteiger partial charge is 0.240 e. The van der Waals surface area contributed by atoms with Gasteiger partial charge in [-0.1, -0.05) is 48.5 Å². The first-order chi connectivity index (χ1) is 12.5. The van der Waals surface area contributed by atoms with Gasteiger partial charge in [-0.05, 0) is 41.3 Å². The van der Waals surface area contributed by atoms with Crippen LogP contribution in [0, 0.1) is 11.6 Å². The maximum Gasteiger partial charge on any atom is 0.240 e. The molecule has 1 aliphatic heterocycles. The van der Waals surface area contributed by atoms with Crippen LogP contribution < -0.4 is 5.32 Å². The lowest BCUT2D eigenvalue weighted by molar-refractivity contribution is -0.119. The fourth-order valence-electron chi connectivity index (χ4n) is 3.58. The second kappa shape index (κ2) is 5.95. The summed E-state index contributed by atoms with van der Waals surface area (Å²) in [4.78, 5) is 13.0. The van der Waals surface area contributed by atoms with E-state index in [1.54, 1.807) is 12.1 Å². The lowest BCUT2D eigenvalue weighted by atomic mass is 9.71. The molecule has 1 heterocycles. The molecule has 1 amide bonds. The molecule has 0 aromatic heterocycles. The molecule has 4 rings (SSSR count). The predicted octanol–water partition coefficient (Wildman–Crippen LogP) is 4.15. The van der Waals surface area contributed by atoms with Crippen molar-refractivity contribution < 1.29 is 18.7 Å². The van der Waals surface area contributed by atoms with E-state index in [0.717, 1.165) is 11.6 Å². The quantitative estimate of drug-likeness (QED) is 0.745. The van der Waals surface area contributed by atoms with E-state index in [1.807, 2.05) is 30.3 Å². The Hall–Kier alpha value is -3.21. The van der Waals surface area contributed by atoms with E-state index in [9.17, 15) is 18.7 Å². The molecule has 5 heteroatoms. The minimum Gasteiger partial charge on any atom is -0.508 e. The fourth-order valence-corrected chi connectivity index (χ4v) is 3.58. The summed E-state index contributed by atoms with van der Waals surface area (Å²) >= 11 is 0. The van der Waals surface area contributed by atoms with E-state index in [1.165, 1.54) is 18.2 Å². The Morgan fingerprint density at radius 2 is 1.62 bits per heavy atom. The van der Waals surface area contributed by atoms with E-state index < -0.39 is 23.0 Å². The molecule has 0 bridgehead atoms. The third kappa shape index (κ3) is 2.36. The van der Waals surface area contributed by atoms with Gasteiger partial charge in [0.2, 0.25) is 5.91 Å². The molecular formula is C21H15F2NO2. The van der Waals surface area contributed by atoms with Gasteiger partial charge in [0, 0.05) is 0 Å². The number of phenolic OH excluding ortho intramolecular Hbond substituents is 1. The number of amides is 1. The molecule has 3 nitrogen and oxygen atoms in total. The van der Waals surface area contributed by atoms with Gasteiger partial charge in [0.1, 0.15) is 11.2 Å². The maximum absolute atomic E-state index is 14.3. The zero-order valence-corrected chi connectivity index (χ0v) is 13.7. The largest absolute Gasteiger partial charge is 0.508 e. The van der Waals surface area contributed by atoms with Gasteiger partial charge in [-0.15, -0.1) is 0 Å². The van der Waals surface area contributed by atoms with E-state index in [-0.39, 0.29) is 17.9 Å². The maximum atomic E-state index is 14.3. The van der Waals surface area contributed by atoms with Crippen LogP contribution in [0.1, 0.15) is 16.7 Å². The molecule has 0 fully saturated rings. The highest BCUT2D eigenvalue weighted by Gasteiger charge is 2.49. The zero-order valence-electron chi connectivity index (χ0n) is 13.7. The van der Waals surface area contributed by atoms with Crippen molar-refractivity contribution in [1.29, 1.82) is 0 Å². The van der Waals surface area contributed by atoms with Gasteiger partial charge in [0.25, 0.3) is 0 Å². The van der Waals surface area contributed by atoms with Crippen molar-refractivity contribution in [2.45, 2.75) is 11.8 Å². The zero-order chi connectivity index (χ0) is 18.3.